The smallest absolute Gasteiger partial charge is 0.248 e. The Kier molecular flexibility index (Phi) is 5.41. The molecule has 5 nitrogen and oxygen atoms in total. The van der Waals surface area contributed by atoms with Crippen LogP contribution in [0, 0.1) is 20.8 Å². The number of rotatable bonds is 5. The van der Waals surface area contributed by atoms with Crippen LogP contribution in [0.5, 0.6) is 11.5 Å². The number of hydrogen-bond donors (Lipinski definition) is 1. The van der Waals surface area contributed by atoms with E-state index in [-0.39, 0.29) is 5.91 Å². The number of benzene rings is 2. The van der Waals surface area contributed by atoms with E-state index in [9.17, 15) is 4.79 Å². The lowest BCUT2D eigenvalue weighted by Gasteiger charge is -2.08. The van der Waals surface area contributed by atoms with Crippen molar-refractivity contribution in [2.75, 3.05) is 5.32 Å². The normalized spacial score (nSPS) is 11.0. The standard InChI is InChI=1S/C22H23N3O2/c1-15-6-5-7-20(14-15)27-19-10-8-18(9-11-19)23-22(26)13-12-21-16(2)24-25(4)17(21)3/h5-14H,1-4H3,(H,23,26)/b13-12+. The van der Waals surface area contributed by atoms with Crippen molar-refractivity contribution < 1.29 is 9.53 Å². The molecule has 1 amide bonds. The summed E-state index contributed by atoms with van der Waals surface area (Å²) in [6.07, 6.45) is 3.32. The lowest BCUT2D eigenvalue weighted by molar-refractivity contribution is -0.111. The van der Waals surface area contributed by atoms with Gasteiger partial charge in [0.15, 0.2) is 0 Å². The van der Waals surface area contributed by atoms with E-state index in [0.29, 0.717) is 5.69 Å². The monoisotopic (exact) mass is 361 g/mol. The number of amides is 1. The predicted octanol–water partition coefficient (Wildman–Crippen LogP) is 4.79. The van der Waals surface area contributed by atoms with E-state index in [1.165, 1.54) is 6.08 Å². The van der Waals surface area contributed by atoms with E-state index in [1.807, 2.05) is 76.3 Å². The largest absolute Gasteiger partial charge is 0.457 e. The molecule has 3 rings (SSSR count). The van der Waals surface area contributed by atoms with E-state index in [4.69, 9.17) is 4.74 Å². The van der Waals surface area contributed by atoms with Crippen molar-refractivity contribution >= 4 is 17.7 Å². The number of hydrogen-bond acceptors (Lipinski definition) is 3. The minimum absolute atomic E-state index is 0.190. The highest BCUT2D eigenvalue weighted by Gasteiger charge is 2.07. The Morgan fingerprint density at radius 2 is 1.81 bits per heavy atom. The van der Waals surface area contributed by atoms with E-state index < -0.39 is 0 Å². The van der Waals surface area contributed by atoms with Crippen LogP contribution in [0.1, 0.15) is 22.5 Å². The van der Waals surface area contributed by atoms with E-state index >= 15 is 0 Å². The number of aryl methyl sites for hydroxylation is 3. The summed E-state index contributed by atoms with van der Waals surface area (Å²) in [5.41, 5.74) is 4.74. The maximum Gasteiger partial charge on any atom is 0.248 e. The molecule has 2 aromatic carbocycles. The summed E-state index contributed by atoms with van der Waals surface area (Å²) in [5, 5.41) is 7.19. The van der Waals surface area contributed by atoms with Crippen molar-refractivity contribution in [2.45, 2.75) is 20.8 Å². The fraction of sp³-hybridized carbons (Fsp3) is 0.182. The molecule has 138 valence electrons. The summed E-state index contributed by atoms with van der Waals surface area (Å²) in [5.74, 6) is 1.32. The fourth-order valence-corrected chi connectivity index (χ4v) is 2.80. The molecule has 0 spiro atoms. The first-order valence-electron chi connectivity index (χ1n) is 8.76. The molecule has 1 N–H and O–H groups in total. The van der Waals surface area contributed by atoms with Gasteiger partial charge in [-0.05, 0) is 68.8 Å². The molecule has 0 unspecified atom stereocenters. The minimum Gasteiger partial charge on any atom is -0.457 e. The Balaban J connectivity index is 1.62. The molecule has 0 aliphatic heterocycles. The summed E-state index contributed by atoms with van der Waals surface area (Å²) < 4.78 is 7.62. The van der Waals surface area contributed by atoms with Crippen LogP contribution in [0.4, 0.5) is 5.69 Å². The minimum atomic E-state index is -0.190. The van der Waals surface area contributed by atoms with Crippen LogP contribution >= 0.6 is 0 Å². The van der Waals surface area contributed by atoms with Gasteiger partial charge in [0.05, 0.1) is 5.69 Å². The number of carbonyl (C=O) groups is 1. The van der Waals surface area contributed by atoms with Gasteiger partial charge in [0.1, 0.15) is 11.5 Å². The zero-order chi connectivity index (χ0) is 19.4. The quantitative estimate of drug-likeness (QED) is 0.665. The summed E-state index contributed by atoms with van der Waals surface area (Å²) >= 11 is 0. The van der Waals surface area contributed by atoms with Gasteiger partial charge >= 0.3 is 0 Å². The zero-order valence-electron chi connectivity index (χ0n) is 16.0. The third-order valence-electron chi connectivity index (χ3n) is 4.31. The molecular formula is C22H23N3O2. The van der Waals surface area contributed by atoms with Crippen LogP contribution in [-0.2, 0) is 11.8 Å². The lowest BCUT2D eigenvalue weighted by Crippen LogP contribution is -2.07. The summed E-state index contributed by atoms with van der Waals surface area (Å²) in [7, 11) is 1.89. The number of ether oxygens (including phenoxy) is 1. The van der Waals surface area contributed by atoms with Gasteiger partial charge in [-0.2, -0.15) is 5.10 Å². The fourth-order valence-electron chi connectivity index (χ4n) is 2.80. The molecule has 1 heterocycles. The second-order valence-electron chi connectivity index (χ2n) is 6.47. The first-order chi connectivity index (χ1) is 12.9. The summed E-state index contributed by atoms with van der Waals surface area (Å²) in [6.45, 7) is 5.93. The Morgan fingerprint density at radius 1 is 1.07 bits per heavy atom. The number of aromatic nitrogens is 2. The summed E-state index contributed by atoms with van der Waals surface area (Å²) in [6, 6.07) is 15.2. The second kappa shape index (κ2) is 7.91. The SMILES string of the molecule is Cc1cccc(Oc2ccc(NC(=O)/C=C/c3c(C)nn(C)c3C)cc2)c1. The highest BCUT2D eigenvalue weighted by atomic mass is 16.5. The molecule has 27 heavy (non-hydrogen) atoms. The molecule has 0 fully saturated rings. The molecule has 0 aliphatic rings. The van der Waals surface area contributed by atoms with Gasteiger partial charge in [0, 0.05) is 30.1 Å². The average molecular weight is 361 g/mol. The van der Waals surface area contributed by atoms with Crippen LogP contribution in [-0.4, -0.2) is 15.7 Å². The van der Waals surface area contributed by atoms with Crippen molar-refractivity contribution in [3.63, 3.8) is 0 Å². The third kappa shape index (κ3) is 4.64. The molecule has 3 aromatic rings. The van der Waals surface area contributed by atoms with Gasteiger partial charge in [-0.25, -0.2) is 0 Å². The maximum atomic E-state index is 12.2. The number of carbonyl (C=O) groups excluding carboxylic acids is 1. The van der Waals surface area contributed by atoms with Gasteiger partial charge < -0.3 is 10.1 Å². The highest BCUT2D eigenvalue weighted by molar-refractivity contribution is 6.02. The van der Waals surface area contributed by atoms with Crippen LogP contribution in [0.15, 0.2) is 54.6 Å². The maximum absolute atomic E-state index is 12.2. The van der Waals surface area contributed by atoms with Gasteiger partial charge in [-0.3, -0.25) is 9.48 Å². The zero-order valence-corrected chi connectivity index (χ0v) is 16.0. The van der Waals surface area contributed by atoms with Crippen molar-refractivity contribution in [3.05, 3.63) is 77.1 Å². The Bertz CT molecular complexity index is 985. The van der Waals surface area contributed by atoms with Crippen molar-refractivity contribution in [1.82, 2.24) is 9.78 Å². The molecule has 0 atom stereocenters. The number of nitrogens with zero attached hydrogens (tertiary/aromatic N) is 2. The van der Waals surface area contributed by atoms with E-state index in [1.54, 1.807) is 10.8 Å². The van der Waals surface area contributed by atoms with Crippen molar-refractivity contribution in [1.29, 1.82) is 0 Å². The molecule has 0 bridgehead atoms. The first kappa shape index (κ1) is 18.5. The molecule has 1 aromatic heterocycles. The van der Waals surface area contributed by atoms with Crippen molar-refractivity contribution in [3.8, 4) is 11.5 Å². The Morgan fingerprint density at radius 3 is 2.44 bits per heavy atom. The lowest BCUT2D eigenvalue weighted by atomic mass is 10.2. The molecular weight excluding hydrogens is 338 g/mol. The Hall–Kier alpha value is -3.34. The third-order valence-corrected chi connectivity index (χ3v) is 4.31. The molecule has 0 saturated carbocycles. The van der Waals surface area contributed by atoms with Crippen LogP contribution in [0.2, 0.25) is 0 Å². The predicted molar refractivity (Wildman–Crippen MR) is 108 cm³/mol. The first-order valence-corrected chi connectivity index (χ1v) is 8.76. The average Bonchev–Trinajstić information content (AvgIpc) is 2.87. The van der Waals surface area contributed by atoms with Crippen LogP contribution < -0.4 is 10.1 Å². The van der Waals surface area contributed by atoms with Gasteiger partial charge in [0.2, 0.25) is 5.91 Å². The molecule has 0 radical (unpaired) electrons. The number of anilines is 1. The van der Waals surface area contributed by atoms with E-state index in [0.717, 1.165) is 34.0 Å². The highest BCUT2D eigenvalue weighted by Crippen LogP contribution is 2.23. The topological polar surface area (TPSA) is 56.1 Å². The summed E-state index contributed by atoms with van der Waals surface area (Å²) in [4.78, 5) is 12.2. The van der Waals surface area contributed by atoms with Crippen LogP contribution in [0.25, 0.3) is 6.08 Å². The number of nitrogens with one attached hydrogen (secondary N) is 1. The van der Waals surface area contributed by atoms with Crippen molar-refractivity contribution in [2.24, 2.45) is 7.05 Å². The van der Waals surface area contributed by atoms with Gasteiger partial charge in [-0.1, -0.05) is 12.1 Å². The van der Waals surface area contributed by atoms with Crippen LogP contribution in [0.3, 0.4) is 0 Å². The second-order valence-corrected chi connectivity index (χ2v) is 6.47. The molecule has 0 aliphatic carbocycles. The van der Waals surface area contributed by atoms with E-state index in [2.05, 4.69) is 10.4 Å². The molecule has 5 heteroatoms. The van der Waals surface area contributed by atoms with Gasteiger partial charge in [0.25, 0.3) is 0 Å². The van der Waals surface area contributed by atoms with Gasteiger partial charge in [-0.15, -0.1) is 0 Å². The molecule has 0 saturated heterocycles. The Labute approximate surface area is 159 Å².